The fourth-order valence-corrected chi connectivity index (χ4v) is 2.65. The van der Waals surface area contributed by atoms with Crippen molar-refractivity contribution in [3.63, 3.8) is 0 Å². The highest BCUT2D eigenvalue weighted by Crippen LogP contribution is 2.26. The van der Waals surface area contributed by atoms with E-state index >= 15 is 0 Å². The van der Waals surface area contributed by atoms with E-state index in [1.165, 1.54) is 25.3 Å². The summed E-state index contributed by atoms with van der Waals surface area (Å²) in [4.78, 5) is 0.147. The second-order valence-electron chi connectivity index (χ2n) is 3.43. The molecule has 0 unspecified atom stereocenters. The van der Waals surface area contributed by atoms with Gasteiger partial charge in [-0.15, -0.1) is 0 Å². The molecule has 1 aromatic rings. The van der Waals surface area contributed by atoms with Gasteiger partial charge >= 0.3 is 0 Å². The van der Waals surface area contributed by atoms with Gasteiger partial charge in [0.2, 0.25) is 0 Å². The van der Waals surface area contributed by atoms with E-state index in [0.29, 0.717) is 12.3 Å². The van der Waals surface area contributed by atoms with Gasteiger partial charge < -0.3 is 15.2 Å². The zero-order valence-corrected chi connectivity index (χ0v) is 10.8. The van der Waals surface area contributed by atoms with Crippen LogP contribution in [0.15, 0.2) is 23.1 Å². The van der Waals surface area contributed by atoms with Gasteiger partial charge in [-0.25, -0.2) is 8.42 Å². The van der Waals surface area contributed by atoms with Gasteiger partial charge in [0.15, 0.2) is 9.84 Å². The van der Waals surface area contributed by atoms with Crippen molar-refractivity contribution in [2.45, 2.75) is 11.8 Å². The second kappa shape index (κ2) is 5.88. The van der Waals surface area contributed by atoms with E-state index in [-0.39, 0.29) is 23.0 Å². The highest BCUT2D eigenvalue weighted by Gasteiger charge is 2.19. The van der Waals surface area contributed by atoms with Crippen LogP contribution >= 0.6 is 0 Å². The van der Waals surface area contributed by atoms with Gasteiger partial charge in [-0.2, -0.15) is 0 Å². The average Bonchev–Trinajstić information content (AvgIpc) is 2.28. The number of rotatable bonds is 6. The lowest BCUT2D eigenvalue weighted by Gasteiger charge is -2.10. The Balaban J connectivity index is 2.98. The van der Waals surface area contributed by atoms with Crippen LogP contribution in [0, 0.1) is 0 Å². The Labute approximate surface area is 101 Å². The molecule has 0 aromatic heterocycles. The Morgan fingerprint density at radius 3 is 2.65 bits per heavy atom. The molecule has 0 heterocycles. The van der Waals surface area contributed by atoms with Gasteiger partial charge in [0, 0.05) is 18.4 Å². The molecule has 0 aliphatic rings. The molecule has 17 heavy (non-hydrogen) atoms. The minimum Gasteiger partial charge on any atom is -0.495 e. The van der Waals surface area contributed by atoms with Crippen LogP contribution in [0.25, 0.3) is 0 Å². The Morgan fingerprint density at radius 1 is 1.35 bits per heavy atom. The molecule has 0 fully saturated rings. The predicted octanol–water partition coefficient (Wildman–Crippen LogP) is 1.09. The summed E-state index contributed by atoms with van der Waals surface area (Å²) in [6, 6.07) is 4.49. The van der Waals surface area contributed by atoms with Crippen molar-refractivity contribution in [3.8, 4) is 5.75 Å². The summed E-state index contributed by atoms with van der Waals surface area (Å²) in [5.74, 6) is 0.197. The Morgan fingerprint density at radius 2 is 2.06 bits per heavy atom. The molecule has 1 aromatic carbocycles. The van der Waals surface area contributed by atoms with Gasteiger partial charge in [0.05, 0.1) is 19.5 Å². The summed E-state index contributed by atoms with van der Waals surface area (Å²) in [5, 5.41) is 0. The minimum absolute atomic E-state index is 0.0683. The molecule has 0 spiro atoms. The zero-order valence-electron chi connectivity index (χ0n) is 9.97. The predicted molar refractivity (Wildman–Crippen MR) is 66.0 cm³/mol. The van der Waals surface area contributed by atoms with Crippen molar-refractivity contribution in [2.24, 2.45) is 0 Å². The number of sulfone groups is 1. The number of ether oxygens (including phenoxy) is 2. The summed E-state index contributed by atoms with van der Waals surface area (Å²) >= 11 is 0. The third-order valence-corrected chi connectivity index (χ3v) is 3.93. The average molecular weight is 259 g/mol. The summed E-state index contributed by atoms with van der Waals surface area (Å²) < 4.78 is 34.1. The largest absolute Gasteiger partial charge is 0.495 e. The van der Waals surface area contributed by atoms with Crippen LogP contribution in [0.3, 0.4) is 0 Å². The SMILES string of the molecule is CCOCCS(=O)(=O)c1ccc(N)cc1OC. The maximum Gasteiger partial charge on any atom is 0.184 e. The molecule has 2 N–H and O–H groups in total. The van der Waals surface area contributed by atoms with E-state index in [1.54, 1.807) is 0 Å². The summed E-state index contributed by atoms with van der Waals surface area (Å²) in [6.45, 7) is 2.48. The molecule has 6 heteroatoms. The lowest BCUT2D eigenvalue weighted by Crippen LogP contribution is -2.13. The van der Waals surface area contributed by atoms with Gasteiger partial charge in [-0.3, -0.25) is 0 Å². The molecule has 0 aliphatic heterocycles. The molecule has 0 atom stereocenters. The molecule has 0 amide bonds. The number of methoxy groups -OCH3 is 1. The molecule has 0 aliphatic carbocycles. The number of anilines is 1. The number of benzene rings is 1. The highest BCUT2D eigenvalue weighted by molar-refractivity contribution is 7.91. The maximum absolute atomic E-state index is 12.0. The third kappa shape index (κ3) is 3.61. The first-order valence-electron chi connectivity index (χ1n) is 5.25. The number of hydrogen-bond donors (Lipinski definition) is 1. The first kappa shape index (κ1) is 13.8. The summed E-state index contributed by atoms with van der Waals surface area (Å²) in [6.07, 6.45) is 0. The Bertz CT molecular complexity index is 470. The molecule has 0 saturated heterocycles. The fraction of sp³-hybridized carbons (Fsp3) is 0.455. The number of nitrogens with two attached hydrogens (primary N) is 1. The maximum atomic E-state index is 12.0. The molecule has 96 valence electrons. The lowest BCUT2D eigenvalue weighted by molar-refractivity contribution is 0.163. The molecule has 5 nitrogen and oxygen atoms in total. The fourth-order valence-electron chi connectivity index (χ4n) is 1.36. The van der Waals surface area contributed by atoms with E-state index in [0.717, 1.165) is 0 Å². The summed E-state index contributed by atoms with van der Waals surface area (Å²) in [7, 11) is -1.98. The topological polar surface area (TPSA) is 78.6 Å². The van der Waals surface area contributed by atoms with E-state index in [1.807, 2.05) is 6.92 Å². The van der Waals surface area contributed by atoms with Crippen molar-refractivity contribution in [1.29, 1.82) is 0 Å². The number of hydrogen-bond acceptors (Lipinski definition) is 5. The van der Waals surface area contributed by atoms with Crippen LogP contribution in [0.4, 0.5) is 5.69 Å². The van der Waals surface area contributed by atoms with E-state index < -0.39 is 9.84 Å². The van der Waals surface area contributed by atoms with Crippen molar-refractivity contribution >= 4 is 15.5 Å². The van der Waals surface area contributed by atoms with Crippen LogP contribution in [-0.4, -0.2) is 34.5 Å². The second-order valence-corrected chi connectivity index (χ2v) is 5.50. The van der Waals surface area contributed by atoms with Gasteiger partial charge in [-0.1, -0.05) is 0 Å². The molecular weight excluding hydrogens is 242 g/mol. The molecule has 0 saturated carbocycles. The Hall–Kier alpha value is -1.27. The van der Waals surface area contributed by atoms with Crippen LogP contribution in [0.1, 0.15) is 6.92 Å². The van der Waals surface area contributed by atoms with Crippen LogP contribution in [0.2, 0.25) is 0 Å². The van der Waals surface area contributed by atoms with Crippen molar-refractivity contribution < 1.29 is 17.9 Å². The summed E-state index contributed by atoms with van der Waals surface area (Å²) in [5.41, 5.74) is 6.03. The zero-order chi connectivity index (χ0) is 12.9. The van der Waals surface area contributed by atoms with Crippen molar-refractivity contribution in [3.05, 3.63) is 18.2 Å². The van der Waals surface area contributed by atoms with Crippen LogP contribution in [0.5, 0.6) is 5.75 Å². The monoisotopic (exact) mass is 259 g/mol. The van der Waals surface area contributed by atoms with Crippen molar-refractivity contribution in [1.82, 2.24) is 0 Å². The lowest BCUT2D eigenvalue weighted by atomic mass is 10.3. The first-order valence-corrected chi connectivity index (χ1v) is 6.90. The standard InChI is InChI=1S/C11H17NO4S/c1-3-16-6-7-17(13,14)11-5-4-9(12)8-10(11)15-2/h4-5,8H,3,6-7,12H2,1-2H3. The van der Waals surface area contributed by atoms with Crippen LogP contribution < -0.4 is 10.5 Å². The molecule has 0 radical (unpaired) electrons. The minimum atomic E-state index is -3.40. The van der Waals surface area contributed by atoms with E-state index in [9.17, 15) is 8.42 Å². The molecule has 1 rings (SSSR count). The van der Waals surface area contributed by atoms with Crippen molar-refractivity contribution in [2.75, 3.05) is 31.8 Å². The third-order valence-electron chi connectivity index (χ3n) is 2.22. The van der Waals surface area contributed by atoms with E-state index in [2.05, 4.69) is 0 Å². The van der Waals surface area contributed by atoms with Gasteiger partial charge in [0.1, 0.15) is 10.6 Å². The molecule has 0 bridgehead atoms. The quantitative estimate of drug-likeness (QED) is 0.611. The van der Waals surface area contributed by atoms with Gasteiger partial charge in [0.25, 0.3) is 0 Å². The smallest absolute Gasteiger partial charge is 0.184 e. The first-order chi connectivity index (χ1) is 8.01. The Kier molecular flexibility index (Phi) is 4.77. The van der Waals surface area contributed by atoms with Gasteiger partial charge in [-0.05, 0) is 19.1 Å². The van der Waals surface area contributed by atoms with E-state index in [4.69, 9.17) is 15.2 Å². The highest BCUT2D eigenvalue weighted by atomic mass is 32.2. The number of nitrogen functional groups attached to an aromatic ring is 1. The van der Waals surface area contributed by atoms with Crippen LogP contribution in [-0.2, 0) is 14.6 Å². The molecular formula is C11H17NO4S. The normalized spacial score (nSPS) is 11.4.